The van der Waals surface area contributed by atoms with Gasteiger partial charge in [0.05, 0.1) is 0 Å². The van der Waals surface area contributed by atoms with Crippen molar-refractivity contribution in [2.75, 3.05) is 10.6 Å². The highest BCUT2D eigenvalue weighted by Crippen LogP contribution is 2.11. The average Bonchev–Trinajstić information content (AvgIpc) is 2.42. The fraction of sp³-hybridized carbons (Fsp3) is 0.133. The number of rotatable bonds is 3. The number of carbonyl (C=O) groups excluding carboxylic acids is 1. The van der Waals surface area contributed by atoms with E-state index in [9.17, 15) is 4.79 Å². The van der Waals surface area contributed by atoms with Crippen LogP contribution in [0.4, 0.5) is 16.2 Å². The summed E-state index contributed by atoms with van der Waals surface area (Å²) in [5, 5.41) is 5.54. The van der Waals surface area contributed by atoms with Crippen molar-refractivity contribution in [2.24, 2.45) is 5.73 Å². The van der Waals surface area contributed by atoms with Gasteiger partial charge in [0.1, 0.15) is 0 Å². The first-order chi connectivity index (χ1) is 9.17. The van der Waals surface area contributed by atoms with Gasteiger partial charge in [-0.2, -0.15) is 0 Å². The van der Waals surface area contributed by atoms with Crippen molar-refractivity contribution in [3.8, 4) is 0 Å². The van der Waals surface area contributed by atoms with E-state index in [1.807, 2.05) is 55.5 Å². The summed E-state index contributed by atoms with van der Waals surface area (Å²) in [7, 11) is 0. The molecule has 0 unspecified atom stereocenters. The highest BCUT2D eigenvalue weighted by Gasteiger charge is 2.02. The van der Waals surface area contributed by atoms with Crippen LogP contribution < -0.4 is 16.4 Å². The minimum Gasteiger partial charge on any atom is -0.326 e. The monoisotopic (exact) mass is 255 g/mol. The van der Waals surface area contributed by atoms with Gasteiger partial charge < -0.3 is 16.4 Å². The Balaban J connectivity index is 1.95. The molecule has 0 bridgehead atoms. The van der Waals surface area contributed by atoms with Crippen LogP contribution in [-0.2, 0) is 6.54 Å². The summed E-state index contributed by atoms with van der Waals surface area (Å²) in [6.07, 6.45) is 0. The van der Waals surface area contributed by atoms with Gasteiger partial charge in [0, 0.05) is 17.9 Å². The van der Waals surface area contributed by atoms with Crippen LogP contribution in [0.5, 0.6) is 0 Å². The van der Waals surface area contributed by atoms with Gasteiger partial charge in [0.2, 0.25) is 0 Å². The van der Waals surface area contributed by atoms with Crippen molar-refractivity contribution in [1.82, 2.24) is 0 Å². The van der Waals surface area contributed by atoms with Crippen LogP contribution >= 0.6 is 0 Å². The lowest BCUT2D eigenvalue weighted by Gasteiger charge is -2.08. The predicted molar refractivity (Wildman–Crippen MR) is 78.2 cm³/mol. The molecule has 2 rings (SSSR count). The molecule has 98 valence electrons. The maximum atomic E-state index is 11.8. The summed E-state index contributed by atoms with van der Waals surface area (Å²) in [5.74, 6) is 0. The zero-order valence-corrected chi connectivity index (χ0v) is 10.8. The van der Waals surface area contributed by atoms with Crippen molar-refractivity contribution in [3.05, 3.63) is 59.7 Å². The zero-order chi connectivity index (χ0) is 13.7. The Kier molecular flexibility index (Phi) is 4.15. The van der Waals surface area contributed by atoms with E-state index >= 15 is 0 Å². The molecule has 0 heterocycles. The third-order valence-corrected chi connectivity index (χ3v) is 2.76. The molecule has 0 aromatic heterocycles. The van der Waals surface area contributed by atoms with Crippen molar-refractivity contribution in [3.63, 3.8) is 0 Å². The first kappa shape index (κ1) is 13.1. The van der Waals surface area contributed by atoms with Gasteiger partial charge in [-0.1, -0.05) is 29.8 Å². The topological polar surface area (TPSA) is 67.2 Å². The molecule has 0 radical (unpaired) electrons. The van der Waals surface area contributed by atoms with Crippen LogP contribution in [0.1, 0.15) is 11.1 Å². The SMILES string of the molecule is Cc1ccc(NC(=O)Nc2ccc(CN)cc2)cc1. The van der Waals surface area contributed by atoms with Gasteiger partial charge in [-0.3, -0.25) is 0 Å². The molecule has 0 saturated carbocycles. The lowest BCUT2D eigenvalue weighted by Crippen LogP contribution is -2.19. The molecule has 2 amide bonds. The first-order valence-corrected chi connectivity index (χ1v) is 6.11. The van der Waals surface area contributed by atoms with Crippen molar-refractivity contribution in [1.29, 1.82) is 0 Å². The van der Waals surface area contributed by atoms with E-state index in [1.54, 1.807) is 0 Å². The second kappa shape index (κ2) is 6.02. The third kappa shape index (κ3) is 3.82. The number of carbonyl (C=O) groups is 1. The molecule has 0 aliphatic heterocycles. The second-order valence-corrected chi connectivity index (χ2v) is 4.35. The van der Waals surface area contributed by atoms with Gasteiger partial charge in [-0.25, -0.2) is 4.79 Å². The average molecular weight is 255 g/mol. The van der Waals surface area contributed by atoms with Crippen LogP contribution in [0.15, 0.2) is 48.5 Å². The van der Waals surface area contributed by atoms with Crippen molar-refractivity contribution < 1.29 is 4.79 Å². The maximum Gasteiger partial charge on any atom is 0.323 e. The third-order valence-electron chi connectivity index (χ3n) is 2.76. The van der Waals surface area contributed by atoms with E-state index in [1.165, 1.54) is 0 Å². The zero-order valence-electron chi connectivity index (χ0n) is 10.8. The molecule has 0 spiro atoms. The summed E-state index contributed by atoms with van der Waals surface area (Å²) in [6.45, 7) is 2.50. The molecular weight excluding hydrogens is 238 g/mol. The molecule has 0 aliphatic rings. The lowest BCUT2D eigenvalue weighted by atomic mass is 10.2. The number of aryl methyl sites for hydroxylation is 1. The largest absolute Gasteiger partial charge is 0.326 e. The smallest absolute Gasteiger partial charge is 0.323 e. The quantitative estimate of drug-likeness (QED) is 0.789. The van der Waals surface area contributed by atoms with E-state index in [0.29, 0.717) is 6.54 Å². The summed E-state index contributed by atoms with van der Waals surface area (Å²) >= 11 is 0. The number of urea groups is 1. The van der Waals surface area contributed by atoms with Gasteiger partial charge in [0.25, 0.3) is 0 Å². The molecule has 2 aromatic rings. The molecular formula is C15H17N3O. The molecule has 4 nitrogen and oxygen atoms in total. The van der Waals surface area contributed by atoms with E-state index in [4.69, 9.17) is 5.73 Å². The Morgan fingerprint density at radius 3 is 1.89 bits per heavy atom. The number of amides is 2. The predicted octanol–water partition coefficient (Wildman–Crippen LogP) is 3.10. The van der Waals surface area contributed by atoms with E-state index in [0.717, 1.165) is 22.5 Å². The number of anilines is 2. The summed E-state index contributed by atoms with van der Waals surface area (Å²) < 4.78 is 0. The lowest BCUT2D eigenvalue weighted by molar-refractivity contribution is 0.262. The van der Waals surface area contributed by atoms with E-state index < -0.39 is 0 Å². The van der Waals surface area contributed by atoms with Gasteiger partial charge in [-0.15, -0.1) is 0 Å². The highest BCUT2D eigenvalue weighted by atomic mass is 16.2. The molecule has 4 N–H and O–H groups in total. The molecule has 0 saturated heterocycles. The molecule has 19 heavy (non-hydrogen) atoms. The molecule has 0 atom stereocenters. The van der Waals surface area contributed by atoms with Gasteiger partial charge in [0.15, 0.2) is 0 Å². The molecule has 0 aliphatic carbocycles. The normalized spacial score (nSPS) is 10.0. The minimum absolute atomic E-state index is 0.260. The van der Waals surface area contributed by atoms with Crippen molar-refractivity contribution in [2.45, 2.75) is 13.5 Å². The number of nitrogens with one attached hydrogen (secondary N) is 2. The van der Waals surface area contributed by atoms with Crippen molar-refractivity contribution >= 4 is 17.4 Å². The molecule has 4 heteroatoms. The Hall–Kier alpha value is -2.33. The van der Waals surface area contributed by atoms with Gasteiger partial charge in [-0.05, 0) is 36.8 Å². The summed E-state index contributed by atoms with van der Waals surface area (Å²) in [4.78, 5) is 11.8. The Morgan fingerprint density at radius 2 is 1.42 bits per heavy atom. The Morgan fingerprint density at radius 1 is 0.947 bits per heavy atom. The number of nitrogens with two attached hydrogens (primary N) is 1. The fourth-order valence-electron chi connectivity index (χ4n) is 1.65. The number of hydrogen-bond donors (Lipinski definition) is 3. The van der Waals surface area contributed by atoms with Crippen LogP contribution in [0.3, 0.4) is 0 Å². The van der Waals surface area contributed by atoms with Gasteiger partial charge >= 0.3 is 6.03 Å². The Bertz CT molecular complexity index is 547. The Labute approximate surface area is 112 Å². The molecule has 2 aromatic carbocycles. The van der Waals surface area contributed by atoms with E-state index in [2.05, 4.69) is 10.6 Å². The fourth-order valence-corrected chi connectivity index (χ4v) is 1.65. The minimum atomic E-state index is -0.260. The summed E-state index contributed by atoms with van der Waals surface area (Å²) in [5.41, 5.74) is 9.21. The van der Waals surface area contributed by atoms with Crippen LogP contribution in [0, 0.1) is 6.92 Å². The first-order valence-electron chi connectivity index (χ1n) is 6.11. The van der Waals surface area contributed by atoms with Crippen LogP contribution in [0.25, 0.3) is 0 Å². The van der Waals surface area contributed by atoms with E-state index in [-0.39, 0.29) is 6.03 Å². The van der Waals surface area contributed by atoms with Crippen LogP contribution in [0.2, 0.25) is 0 Å². The van der Waals surface area contributed by atoms with Crippen LogP contribution in [-0.4, -0.2) is 6.03 Å². The maximum absolute atomic E-state index is 11.8. The second-order valence-electron chi connectivity index (χ2n) is 4.35. The summed E-state index contributed by atoms with van der Waals surface area (Å²) in [6, 6.07) is 14.8. The number of hydrogen-bond acceptors (Lipinski definition) is 2. The standard InChI is InChI=1S/C15H17N3O/c1-11-2-6-13(7-3-11)17-15(19)18-14-8-4-12(10-16)5-9-14/h2-9H,10,16H2,1H3,(H2,17,18,19). The highest BCUT2D eigenvalue weighted by molar-refractivity contribution is 5.99. The molecule has 0 fully saturated rings. The number of benzene rings is 2.